The summed E-state index contributed by atoms with van der Waals surface area (Å²) in [5.74, 6) is 0. The number of sulfonamides is 1. The number of nitrogens with zero attached hydrogens (tertiary/aromatic N) is 2. The summed E-state index contributed by atoms with van der Waals surface area (Å²) in [7, 11) is -3.85. The Labute approximate surface area is 148 Å². The minimum atomic E-state index is -4.50. The van der Waals surface area contributed by atoms with E-state index < -0.39 is 21.8 Å². The lowest BCUT2D eigenvalue weighted by Crippen LogP contribution is -2.25. The van der Waals surface area contributed by atoms with Crippen molar-refractivity contribution in [3.8, 4) is 0 Å². The van der Waals surface area contributed by atoms with E-state index in [0.29, 0.717) is 13.0 Å². The molecule has 0 bridgehead atoms. The van der Waals surface area contributed by atoms with Gasteiger partial charge in [0.05, 0.1) is 27.8 Å². The van der Waals surface area contributed by atoms with Gasteiger partial charge in [-0.1, -0.05) is 12.1 Å². The Bertz CT molecular complexity index is 996. The normalized spacial score (nSPS) is 12.6. The van der Waals surface area contributed by atoms with Crippen LogP contribution in [0.3, 0.4) is 0 Å². The van der Waals surface area contributed by atoms with Crippen LogP contribution in [0.5, 0.6) is 0 Å². The van der Waals surface area contributed by atoms with Crippen LogP contribution in [0.25, 0.3) is 11.0 Å². The first-order chi connectivity index (χ1) is 12.3. The average Bonchev–Trinajstić information content (AvgIpc) is 3.01. The van der Waals surface area contributed by atoms with Crippen LogP contribution < -0.4 is 4.72 Å². The van der Waals surface area contributed by atoms with Crippen LogP contribution in [0.1, 0.15) is 12.0 Å². The topological polar surface area (TPSA) is 64.0 Å². The fourth-order valence-electron chi connectivity index (χ4n) is 2.55. The second-order valence-electron chi connectivity index (χ2n) is 5.70. The Hall–Kier alpha value is -2.39. The van der Waals surface area contributed by atoms with Crippen molar-refractivity contribution in [3.05, 3.63) is 60.4 Å². The monoisotopic (exact) mass is 383 g/mol. The Morgan fingerprint density at radius 1 is 1.04 bits per heavy atom. The third-order valence-electron chi connectivity index (χ3n) is 3.89. The number of hydrogen-bond acceptors (Lipinski definition) is 3. The second kappa shape index (κ2) is 7.08. The van der Waals surface area contributed by atoms with E-state index in [1.165, 1.54) is 0 Å². The van der Waals surface area contributed by atoms with Crippen LogP contribution in [0.4, 0.5) is 13.2 Å². The summed E-state index contributed by atoms with van der Waals surface area (Å²) in [6, 6.07) is 11.0. The number of rotatable bonds is 6. The highest BCUT2D eigenvalue weighted by Gasteiger charge is 2.30. The summed E-state index contributed by atoms with van der Waals surface area (Å²) in [6.07, 6.45) is -2.29. The molecule has 5 nitrogen and oxygen atoms in total. The molecule has 0 atom stereocenters. The lowest BCUT2D eigenvalue weighted by atomic mass is 10.2. The van der Waals surface area contributed by atoms with Crippen LogP contribution in [-0.4, -0.2) is 24.5 Å². The smallest absolute Gasteiger partial charge is 0.331 e. The molecule has 2 aromatic carbocycles. The molecule has 0 unspecified atom stereocenters. The maximum Gasteiger partial charge on any atom is 0.416 e. The van der Waals surface area contributed by atoms with Crippen LogP contribution in [0, 0.1) is 0 Å². The standard InChI is InChI=1S/C17H16F3N3O2S/c18-17(19,20)13-6-8-14(9-7-13)26(24,25)22-10-3-11-23-12-21-15-4-1-2-5-16(15)23/h1-2,4-9,12,22H,3,10-11H2. The molecule has 1 N–H and O–H groups in total. The van der Waals surface area contributed by atoms with E-state index in [2.05, 4.69) is 9.71 Å². The molecule has 0 saturated carbocycles. The number of imidazole rings is 1. The van der Waals surface area contributed by atoms with Crippen molar-refractivity contribution >= 4 is 21.1 Å². The van der Waals surface area contributed by atoms with Crippen molar-refractivity contribution in [2.75, 3.05) is 6.54 Å². The maximum absolute atomic E-state index is 12.5. The number of para-hydroxylation sites is 2. The van der Waals surface area contributed by atoms with E-state index in [1.807, 2.05) is 28.8 Å². The third kappa shape index (κ3) is 4.05. The molecule has 0 aliphatic heterocycles. The molecule has 0 spiro atoms. The van der Waals surface area contributed by atoms with Gasteiger partial charge < -0.3 is 4.57 Å². The van der Waals surface area contributed by atoms with Crippen LogP contribution in [0.15, 0.2) is 59.8 Å². The van der Waals surface area contributed by atoms with Crippen molar-refractivity contribution in [3.63, 3.8) is 0 Å². The van der Waals surface area contributed by atoms with E-state index in [0.717, 1.165) is 35.3 Å². The van der Waals surface area contributed by atoms with Gasteiger partial charge >= 0.3 is 6.18 Å². The highest BCUT2D eigenvalue weighted by atomic mass is 32.2. The van der Waals surface area contributed by atoms with E-state index >= 15 is 0 Å². The van der Waals surface area contributed by atoms with Crippen LogP contribution in [0.2, 0.25) is 0 Å². The Morgan fingerprint density at radius 3 is 2.42 bits per heavy atom. The van der Waals surface area contributed by atoms with Crippen molar-refractivity contribution < 1.29 is 21.6 Å². The molecule has 3 rings (SSSR count). The minimum Gasteiger partial charge on any atom is -0.331 e. The number of nitrogens with one attached hydrogen (secondary N) is 1. The predicted octanol–water partition coefficient (Wildman–Crippen LogP) is 3.42. The summed E-state index contributed by atoms with van der Waals surface area (Å²) >= 11 is 0. The summed E-state index contributed by atoms with van der Waals surface area (Å²) in [5, 5.41) is 0. The predicted molar refractivity (Wildman–Crippen MR) is 91.0 cm³/mol. The fraction of sp³-hybridized carbons (Fsp3) is 0.235. The van der Waals surface area contributed by atoms with E-state index in [-0.39, 0.29) is 11.4 Å². The highest BCUT2D eigenvalue weighted by molar-refractivity contribution is 7.89. The number of halogens is 3. The maximum atomic E-state index is 12.5. The molecule has 0 saturated heterocycles. The third-order valence-corrected chi connectivity index (χ3v) is 5.36. The van der Waals surface area contributed by atoms with Gasteiger partial charge in [0.2, 0.25) is 10.0 Å². The Balaban J connectivity index is 1.58. The van der Waals surface area contributed by atoms with Gasteiger partial charge in [-0.05, 0) is 42.8 Å². The van der Waals surface area contributed by atoms with E-state index in [1.54, 1.807) is 6.33 Å². The van der Waals surface area contributed by atoms with Gasteiger partial charge in [-0.25, -0.2) is 18.1 Å². The zero-order valence-corrected chi connectivity index (χ0v) is 14.4. The first kappa shape index (κ1) is 18.4. The highest BCUT2D eigenvalue weighted by Crippen LogP contribution is 2.29. The molecular weight excluding hydrogens is 367 g/mol. The van der Waals surface area contributed by atoms with Gasteiger partial charge in [-0.15, -0.1) is 0 Å². The van der Waals surface area contributed by atoms with Crippen molar-refractivity contribution in [1.29, 1.82) is 0 Å². The molecule has 1 heterocycles. The molecule has 1 aromatic heterocycles. The minimum absolute atomic E-state index is 0.163. The van der Waals surface area contributed by atoms with Crippen molar-refractivity contribution in [1.82, 2.24) is 14.3 Å². The van der Waals surface area contributed by atoms with Crippen molar-refractivity contribution in [2.24, 2.45) is 0 Å². The Morgan fingerprint density at radius 2 is 1.73 bits per heavy atom. The van der Waals surface area contributed by atoms with Gasteiger partial charge in [0.15, 0.2) is 0 Å². The average molecular weight is 383 g/mol. The molecule has 0 aliphatic carbocycles. The second-order valence-corrected chi connectivity index (χ2v) is 7.47. The molecule has 0 radical (unpaired) electrons. The molecular formula is C17H16F3N3O2S. The fourth-order valence-corrected chi connectivity index (χ4v) is 3.62. The van der Waals surface area contributed by atoms with Gasteiger partial charge in [0.25, 0.3) is 0 Å². The first-order valence-corrected chi connectivity index (χ1v) is 9.32. The van der Waals surface area contributed by atoms with Gasteiger partial charge in [-0.3, -0.25) is 0 Å². The van der Waals surface area contributed by atoms with Crippen LogP contribution >= 0.6 is 0 Å². The zero-order valence-electron chi connectivity index (χ0n) is 13.6. The number of aryl methyl sites for hydroxylation is 1. The first-order valence-electron chi connectivity index (χ1n) is 7.84. The van der Waals surface area contributed by atoms with Crippen LogP contribution in [-0.2, 0) is 22.7 Å². The van der Waals surface area contributed by atoms with E-state index in [4.69, 9.17) is 0 Å². The number of fused-ring (bicyclic) bond motifs is 1. The summed E-state index contributed by atoms with van der Waals surface area (Å²) in [6.45, 7) is 0.728. The lowest BCUT2D eigenvalue weighted by Gasteiger charge is -2.10. The van der Waals surface area contributed by atoms with Crippen molar-refractivity contribution in [2.45, 2.75) is 24.0 Å². The number of hydrogen-bond donors (Lipinski definition) is 1. The summed E-state index contributed by atoms with van der Waals surface area (Å²) < 4.78 is 66.2. The Kier molecular flexibility index (Phi) is 5.01. The molecule has 9 heteroatoms. The van der Waals surface area contributed by atoms with Gasteiger partial charge in [-0.2, -0.15) is 13.2 Å². The summed E-state index contributed by atoms with van der Waals surface area (Å²) in [4.78, 5) is 4.06. The number of benzene rings is 2. The SMILES string of the molecule is O=S(=O)(NCCCn1cnc2ccccc21)c1ccc(C(F)(F)F)cc1. The number of aromatic nitrogens is 2. The molecule has 0 aliphatic rings. The van der Waals surface area contributed by atoms with Gasteiger partial charge in [0, 0.05) is 13.1 Å². The molecule has 0 amide bonds. The van der Waals surface area contributed by atoms with Gasteiger partial charge in [0.1, 0.15) is 0 Å². The molecule has 138 valence electrons. The number of alkyl halides is 3. The molecule has 0 fully saturated rings. The summed E-state index contributed by atoms with van der Waals surface area (Å²) in [5.41, 5.74) is 0.930. The molecule has 26 heavy (non-hydrogen) atoms. The lowest BCUT2D eigenvalue weighted by molar-refractivity contribution is -0.137. The quantitative estimate of drug-likeness (QED) is 0.664. The van der Waals surface area contributed by atoms with E-state index in [9.17, 15) is 21.6 Å². The zero-order chi connectivity index (χ0) is 18.8. The molecule has 3 aromatic rings. The largest absolute Gasteiger partial charge is 0.416 e.